The van der Waals surface area contributed by atoms with Crippen molar-refractivity contribution in [1.29, 1.82) is 0 Å². The molecule has 2 rings (SSSR count). The highest BCUT2D eigenvalue weighted by Crippen LogP contribution is 2.08. The second-order valence-electron chi connectivity index (χ2n) is 3.69. The zero-order chi connectivity index (χ0) is 10.5. The molecule has 5 heteroatoms. The van der Waals surface area contributed by atoms with E-state index in [-0.39, 0.29) is 11.9 Å². The minimum atomic E-state index is 0.00618. The van der Waals surface area contributed by atoms with E-state index in [2.05, 4.69) is 15.6 Å². The van der Waals surface area contributed by atoms with Gasteiger partial charge < -0.3 is 10.6 Å². The Labute approximate surface area is 93.1 Å². The molecule has 1 aliphatic rings. The molecule has 1 atom stereocenters. The third-order valence-electron chi connectivity index (χ3n) is 2.55. The van der Waals surface area contributed by atoms with Gasteiger partial charge in [0.1, 0.15) is 0 Å². The SMILES string of the molecule is O=C(NCc1cncs1)[C@@H]1CCCCN1. The van der Waals surface area contributed by atoms with Crippen LogP contribution in [0, 0.1) is 0 Å². The third-order valence-corrected chi connectivity index (χ3v) is 3.33. The van der Waals surface area contributed by atoms with Gasteiger partial charge >= 0.3 is 0 Å². The Bertz CT molecular complexity index is 306. The Kier molecular flexibility index (Phi) is 3.69. The van der Waals surface area contributed by atoms with Crippen LogP contribution in [0.4, 0.5) is 0 Å². The van der Waals surface area contributed by atoms with Gasteiger partial charge in [-0.3, -0.25) is 9.78 Å². The van der Waals surface area contributed by atoms with Gasteiger partial charge in [0, 0.05) is 11.1 Å². The number of carbonyl (C=O) groups excluding carboxylic acids is 1. The zero-order valence-corrected chi connectivity index (χ0v) is 9.35. The van der Waals surface area contributed by atoms with Crippen LogP contribution in [-0.2, 0) is 11.3 Å². The van der Waals surface area contributed by atoms with E-state index in [0.29, 0.717) is 6.54 Å². The van der Waals surface area contributed by atoms with Gasteiger partial charge in [0.2, 0.25) is 5.91 Å². The Morgan fingerprint density at radius 1 is 1.67 bits per heavy atom. The molecule has 15 heavy (non-hydrogen) atoms. The molecule has 1 aromatic heterocycles. The van der Waals surface area contributed by atoms with Crippen molar-refractivity contribution in [2.24, 2.45) is 0 Å². The lowest BCUT2D eigenvalue weighted by atomic mass is 10.0. The molecule has 0 unspecified atom stereocenters. The van der Waals surface area contributed by atoms with E-state index in [1.165, 1.54) is 6.42 Å². The first kappa shape index (κ1) is 10.6. The smallest absolute Gasteiger partial charge is 0.237 e. The average molecular weight is 225 g/mol. The number of rotatable bonds is 3. The molecule has 0 spiro atoms. The van der Waals surface area contributed by atoms with E-state index in [9.17, 15) is 4.79 Å². The highest BCUT2D eigenvalue weighted by molar-refractivity contribution is 7.09. The number of hydrogen-bond acceptors (Lipinski definition) is 4. The van der Waals surface area contributed by atoms with E-state index < -0.39 is 0 Å². The molecule has 0 bridgehead atoms. The highest BCUT2D eigenvalue weighted by Gasteiger charge is 2.19. The van der Waals surface area contributed by atoms with Gasteiger partial charge in [-0.1, -0.05) is 6.42 Å². The first-order valence-corrected chi connectivity index (χ1v) is 6.12. The van der Waals surface area contributed by atoms with Crippen LogP contribution in [-0.4, -0.2) is 23.5 Å². The summed E-state index contributed by atoms with van der Waals surface area (Å²) < 4.78 is 0. The van der Waals surface area contributed by atoms with E-state index in [0.717, 1.165) is 24.3 Å². The number of nitrogens with zero attached hydrogens (tertiary/aromatic N) is 1. The average Bonchev–Trinajstić information content (AvgIpc) is 2.80. The minimum absolute atomic E-state index is 0.00618. The normalized spacial score (nSPS) is 21.2. The second kappa shape index (κ2) is 5.23. The van der Waals surface area contributed by atoms with Crippen molar-refractivity contribution in [3.05, 3.63) is 16.6 Å². The molecule has 82 valence electrons. The summed E-state index contributed by atoms with van der Waals surface area (Å²) in [6.45, 7) is 1.56. The fourth-order valence-electron chi connectivity index (χ4n) is 1.70. The van der Waals surface area contributed by atoms with Crippen LogP contribution in [0.3, 0.4) is 0 Å². The maximum atomic E-state index is 11.7. The van der Waals surface area contributed by atoms with Gasteiger partial charge in [-0.05, 0) is 19.4 Å². The van der Waals surface area contributed by atoms with Crippen molar-refractivity contribution in [2.75, 3.05) is 6.54 Å². The molecule has 0 radical (unpaired) electrons. The molecule has 1 aromatic rings. The van der Waals surface area contributed by atoms with E-state index in [1.54, 1.807) is 23.0 Å². The zero-order valence-electron chi connectivity index (χ0n) is 8.53. The standard InChI is InChI=1S/C10H15N3OS/c14-10(9-3-1-2-4-12-9)13-6-8-5-11-7-15-8/h5,7,9,12H,1-4,6H2,(H,13,14)/t9-/m0/s1. The predicted molar refractivity (Wildman–Crippen MR) is 59.6 cm³/mol. The van der Waals surface area contributed by atoms with E-state index in [4.69, 9.17) is 0 Å². The molecule has 0 aliphatic carbocycles. The molecule has 2 N–H and O–H groups in total. The summed E-state index contributed by atoms with van der Waals surface area (Å²) in [5.74, 6) is 0.114. The lowest BCUT2D eigenvalue weighted by Gasteiger charge is -2.22. The summed E-state index contributed by atoms with van der Waals surface area (Å²) in [7, 11) is 0. The molecular formula is C10H15N3OS. The lowest BCUT2D eigenvalue weighted by Crippen LogP contribution is -2.46. The van der Waals surface area contributed by atoms with E-state index >= 15 is 0 Å². The molecule has 1 amide bonds. The predicted octanol–water partition coefficient (Wildman–Crippen LogP) is 0.901. The van der Waals surface area contributed by atoms with Gasteiger partial charge in [-0.2, -0.15) is 0 Å². The van der Waals surface area contributed by atoms with Crippen LogP contribution in [0.2, 0.25) is 0 Å². The summed E-state index contributed by atoms with van der Waals surface area (Å²) in [5, 5.41) is 6.15. The summed E-state index contributed by atoms with van der Waals surface area (Å²) in [4.78, 5) is 16.8. The van der Waals surface area contributed by atoms with Gasteiger partial charge in [-0.25, -0.2) is 0 Å². The number of piperidine rings is 1. The Morgan fingerprint density at radius 3 is 3.27 bits per heavy atom. The maximum absolute atomic E-state index is 11.7. The van der Waals surface area contributed by atoms with E-state index in [1.807, 2.05) is 0 Å². The second-order valence-corrected chi connectivity index (χ2v) is 4.66. The molecule has 1 aliphatic heterocycles. The van der Waals surface area contributed by atoms with Crippen molar-refractivity contribution < 1.29 is 4.79 Å². The minimum Gasteiger partial charge on any atom is -0.350 e. The van der Waals surface area contributed by atoms with Gasteiger partial charge in [0.25, 0.3) is 0 Å². The highest BCUT2D eigenvalue weighted by atomic mass is 32.1. The number of thiazole rings is 1. The van der Waals surface area contributed by atoms with Crippen LogP contribution in [0.25, 0.3) is 0 Å². The van der Waals surface area contributed by atoms with Crippen molar-refractivity contribution in [3.8, 4) is 0 Å². The molecular weight excluding hydrogens is 210 g/mol. The summed E-state index contributed by atoms with van der Waals surface area (Å²) in [6.07, 6.45) is 5.07. The molecule has 2 heterocycles. The van der Waals surface area contributed by atoms with Crippen LogP contribution in [0.5, 0.6) is 0 Å². The summed E-state index contributed by atoms with van der Waals surface area (Å²) >= 11 is 1.57. The fourth-order valence-corrected chi connectivity index (χ4v) is 2.24. The Balaban J connectivity index is 1.76. The number of amides is 1. The van der Waals surface area contributed by atoms with Crippen molar-refractivity contribution in [2.45, 2.75) is 31.8 Å². The summed E-state index contributed by atoms with van der Waals surface area (Å²) in [6, 6.07) is 0.00618. The van der Waals surface area contributed by atoms with Gasteiger partial charge in [0.15, 0.2) is 0 Å². The monoisotopic (exact) mass is 225 g/mol. The van der Waals surface area contributed by atoms with Crippen LogP contribution >= 0.6 is 11.3 Å². The number of carbonyl (C=O) groups is 1. The number of nitrogens with one attached hydrogen (secondary N) is 2. The Hall–Kier alpha value is -0.940. The fraction of sp³-hybridized carbons (Fsp3) is 0.600. The first-order chi connectivity index (χ1) is 7.36. The van der Waals surface area contributed by atoms with Crippen molar-refractivity contribution >= 4 is 17.2 Å². The van der Waals surface area contributed by atoms with Gasteiger partial charge in [-0.15, -0.1) is 11.3 Å². The van der Waals surface area contributed by atoms with Crippen molar-refractivity contribution in [3.63, 3.8) is 0 Å². The summed E-state index contributed by atoms with van der Waals surface area (Å²) in [5.41, 5.74) is 1.78. The van der Waals surface area contributed by atoms with Gasteiger partial charge in [0.05, 0.1) is 18.1 Å². The van der Waals surface area contributed by atoms with Crippen molar-refractivity contribution in [1.82, 2.24) is 15.6 Å². The molecule has 0 aromatic carbocycles. The number of aromatic nitrogens is 1. The van der Waals surface area contributed by atoms with Crippen LogP contribution in [0.15, 0.2) is 11.7 Å². The molecule has 1 saturated heterocycles. The first-order valence-electron chi connectivity index (χ1n) is 5.25. The lowest BCUT2D eigenvalue weighted by molar-refractivity contribution is -0.123. The van der Waals surface area contributed by atoms with Crippen LogP contribution < -0.4 is 10.6 Å². The molecule has 4 nitrogen and oxygen atoms in total. The Morgan fingerprint density at radius 2 is 2.60 bits per heavy atom. The van der Waals surface area contributed by atoms with Crippen LogP contribution in [0.1, 0.15) is 24.1 Å². The number of hydrogen-bond donors (Lipinski definition) is 2. The third kappa shape index (κ3) is 3.00. The largest absolute Gasteiger partial charge is 0.350 e. The molecule has 1 fully saturated rings. The molecule has 0 saturated carbocycles. The topological polar surface area (TPSA) is 54.0 Å². The maximum Gasteiger partial charge on any atom is 0.237 e. The quantitative estimate of drug-likeness (QED) is 0.803.